The summed E-state index contributed by atoms with van der Waals surface area (Å²) in [6.45, 7) is 0. The van der Waals surface area contributed by atoms with Gasteiger partial charge in [0.25, 0.3) is 5.89 Å². The maximum absolute atomic E-state index is 13.4. The summed E-state index contributed by atoms with van der Waals surface area (Å²) >= 11 is 0. The van der Waals surface area contributed by atoms with E-state index in [0.29, 0.717) is 22.5 Å². The Morgan fingerprint density at radius 1 is 1.19 bits per heavy atom. The Morgan fingerprint density at radius 3 is 2.85 bits per heavy atom. The molecular formula is C18H12FN5O3. The quantitative estimate of drug-likeness (QED) is 0.513. The highest BCUT2D eigenvalue weighted by Gasteiger charge is 2.16. The van der Waals surface area contributed by atoms with Gasteiger partial charge in [0.15, 0.2) is 5.69 Å². The number of halogens is 1. The Hall–Kier alpha value is -3.88. The highest BCUT2D eigenvalue weighted by Crippen LogP contribution is 2.22. The smallest absolute Gasteiger partial charge is 0.337 e. The summed E-state index contributed by atoms with van der Waals surface area (Å²) in [5, 5.41) is 11.8. The minimum absolute atomic E-state index is 0.219. The third-order valence-corrected chi connectivity index (χ3v) is 3.75. The van der Waals surface area contributed by atoms with Crippen LogP contribution < -0.4 is 0 Å². The van der Waals surface area contributed by atoms with Crippen molar-refractivity contribution in [1.29, 1.82) is 0 Å². The average molecular weight is 365 g/mol. The van der Waals surface area contributed by atoms with Gasteiger partial charge in [-0.2, -0.15) is 4.98 Å². The number of nitrogens with zero attached hydrogens (tertiary/aromatic N) is 5. The molecule has 0 saturated carbocycles. The van der Waals surface area contributed by atoms with E-state index in [9.17, 15) is 9.18 Å². The first kappa shape index (κ1) is 16.6. The maximum Gasteiger partial charge on any atom is 0.337 e. The average Bonchev–Trinajstić information content (AvgIpc) is 3.37. The van der Waals surface area contributed by atoms with Crippen molar-refractivity contribution < 1.29 is 18.4 Å². The molecule has 0 fully saturated rings. The molecule has 0 atom stereocenters. The first-order valence-electron chi connectivity index (χ1n) is 7.85. The summed E-state index contributed by atoms with van der Waals surface area (Å²) in [5.41, 5.74) is 1.81. The molecule has 4 rings (SSSR count). The van der Waals surface area contributed by atoms with Crippen LogP contribution in [0.3, 0.4) is 0 Å². The van der Waals surface area contributed by atoms with E-state index in [0.717, 1.165) is 0 Å². The number of hydrogen-bond acceptors (Lipinski definition) is 7. The minimum atomic E-state index is -0.463. The number of aromatic nitrogens is 5. The molecule has 9 heteroatoms. The number of carbonyl (C=O) groups is 1. The SMILES string of the molecule is COC(=O)c1cccc(-c2nc(-c3cn(-c4cccc(F)c4)nn3)no2)c1. The van der Waals surface area contributed by atoms with E-state index < -0.39 is 5.97 Å². The van der Waals surface area contributed by atoms with Gasteiger partial charge in [0.1, 0.15) is 5.82 Å². The first-order chi connectivity index (χ1) is 13.1. The van der Waals surface area contributed by atoms with Gasteiger partial charge < -0.3 is 9.26 Å². The lowest BCUT2D eigenvalue weighted by molar-refractivity contribution is 0.0601. The van der Waals surface area contributed by atoms with E-state index in [-0.39, 0.29) is 17.5 Å². The predicted octanol–water partition coefficient (Wildman–Crippen LogP) is 2.91. The number of hydrogen-bond donors (Lipinski definition) is 0. The molecule has 0 bridgehead atoms. The van der Waals surface area contributed by atoms with Crippen molar-refractivity contribution in [3.63, 3.8) is 0 Å². The van der Waals surface area contributed by atoms with Crippen LogP contribution in [0.25, 0.3) is 28.7 Å². The first-order valence-corrected chi connectivity index (χ1v) is 7.85. The molecule has 27 heavy (non-hydrogen) atoms. The van der Waals surface area contributed by atoms with Crippen molar-refractivity contribution in [2.24, 2.45) is 0 Å². The number of benzene rings is 2. The van der Waals surface area contributed by atoms with Gasteiger partial charge in [-0.1, -0.05) is 22.5 Å². The van der Waals surface area contributed by atoms with Crippen LogP contribution in [0.1, 0.15) is 10.4 Å². The van der Waals surface area contributed by atoms with Crippen molar-refractivity contribution in [1.82, 2.24) is 25.1 Å². The van der Waals surface area contributed by atoms with E-state index in [2.05, 4.69) is 20.5 Å². The number of ether oxygens (including phenoxy) is 1. The van der Waals surface area contributed by atoms with Crippen molar-refractivity contribution >= 4 is 5.97 Å². The Kier molecular flexibility index (Phi) is 4.17. The molecule has 4 aromatic rings. The van der Waals surface area contributed by atoms with E-state index >= 15 is 0 Å². The van der Waals surface area contributed by atoms with Gasteiger partial charge in [-0.3, -0.25) is 0 Å². The van der Waals surface area contributed by atoms with Crippen molar-refractivity contribution in [2.45, 2.75) is 0 Å². The Bertz CT molecular complexity index is 1120. The summed E-state index contributed by atoms with van der Waals surface area (Å²) in [4.78, 5) is 15.9. The number of methoxy groups -OCH3 is 1. The van der Waals surface area contributed by atoms with Crippen LogP contribution in [0.5, 0.6) is 0 Å². The standard InChI is InChI=1S/C18H12FN5O3/c1-26-18(25)12-5-2-4-11(8-12)17-20-16(22-27-17)15-10-24(23-21-15)14-7-3-6-13(19)9-14/h2-10H,1H3. The van der Waals surface area contributed by atoms with E-state index in [1.165, 1.54) is 23.9 Å². The number of esters is 1. The summed E-state index contributed by atoms with van der Waals surface area (Å²) < 4.78 is 24.7. The summed E-state index contributed by atoms with van der Waals surface area (Å²) in [6, 6.07) is 12.6. The zero-order chi connectivity index (χ0) is 18.8. The van der Waals surface area contributed by atoms with Crippen LogP contribution >= 0.6 is 0 Å². The van der Waals surface area contributed by atoms with Gasteiger partial charge in [-0.25, -0.2) is 13.9 Å². The predicted molar refractivity (Wildman–Crippen MR) is 91.4 cm³/mol. The molecule has 0 unspecified atom stereocenters. The molecule has 134 valence electrons. The minimum Gasteiger partial charge on any atom is -0.465 e. The van der Waals surface area contributed by atoms with Crippen molar-refractivity contribution in [3.05, 3.63) is 66.1 Å². The second-order valence-corrected chi connectivity index (χ2v) is 5.52. The van der Waals surface area contributed by atoms with Gasteiger partial charge in [0.2, 0.25) is 5.82 Å². The van der Waals surface area contributed by atoms with Gasteiger partial charge in [-0.05, 0) is 36.4 Å². The third-order valence-electron chi connectivity index (χ3n) is 3.75. The molecule has 0 aliphatic carbocycles. The lowest BCUT2D eigenvalue weighted by Gasteiger charge is -1.99. The van der Waals surface area contributed by atoms with Crippen LogP contribution in [0.4, 0.5) is 4.39 Å². The molecular weight excluding hydrogens is 353 g/mol. The molecule has 8 nitrogen and oxygen atoms in total. The molecule has 0 N–H and O–H groups in total. The third kappa shape index (κ3) is 3.30. The highest BCUT2D eigenvalue weighted by molar-refractivity contribution is 5.90. The second-order valence-electron chi connectivity index (χ2n) is 5.52. The molecule has 2 aromatic carbocycles. The molecule has 2 aromatic heterocycles. The molecule has 0 saturated heterocycles. The zero-order valence-electron chi connectivity index (χ0n) is 14.0. The van der Waals surface area contributed by atoms with Crippen LogP contribution in [0.2, 0.25) is 0 Å². The van der Waals surface area contributed by atoms with E-state index in [1.54, 1.807) is 42.6 Å². The van der Waals surface area contributed by atoms with Crippen LogP contribution in [0, 0.1) is 5.82 Å². The van der Waals surface area contributed by atoms with Gasteiger partial charge in [0.05, 0.1) is 24.6 Å². The Labute approximate surface area is 152 Å². The Balaban J connectivity index is 1.63. The Morgan fingerprint density at radius 2 is 2.04 bits per heavy atom. The van der Waals surface area contributed by atoms with Crippen LogP contribution in [-0.2, 0) is 4.74 Å². The lowest BCUT2D eigenvalue weighted by Crippen LogP contribution is -2.00. The normalized spacial score (nSPS) is 10.7. The highest BCUT2D eigenvalue weighted by atomic mass is 19.1. The zero-order valence-corrected chi connectivity index (χ0v) is 14.0. The molecule has 0 aliphatic heterocycles. The fraction of sp³-hybridized carbons (Fsp3) is 0.0556. The van der Waals surface area contributed by atoms with E-state index in [1.807, 2.05) is 0 Å². The summed E-state index contributed by atoms with van der Waals surface area (Å²) in [6.07, 6.45) is 1.56. The van der Waals surface area contributed by atoms with Gasteiger partial charge >= 0.3 is 5.97 Å². The maximum atomic E-state index is 13.4. The summed E-state index contributed by atoms with van der Waals surface area (Å²) in [7, 11) is 1.31. The van der Waals surface area contributed by atoms with Crippen molar-refractivity contribution in [2.75, 3.05) is 7.11 Å². The number of rotatable bonds is 4. The molecule has 0 aliphatic rings. The fourth-order valence-corrected chi connectivity index (χ4v) is 2.45. The number of carbonyl (C=O) groups excluding carboxylic acids is 1. The lowest BCUT2D eigenvalue weighted by atomic mass is 10.1. The van der Waals surface area contributed by atoms with Crippen molar-refractivity contribution in [3.8, 4) is 28.7 Å². The van der Waals surface area contributed by atoms with E-state index in [4.69, 9.17) is 9.26 Å². The fourth-order valence-electron chi connectivity index (χ4n) is 2.45. The monoisotopic (exact) mass is 365 g/mol. The molecule has 0 spiro atoms. The topological polar surface area (TPSA) is 95.9 Å². The van der Waals surface area contributed by atoms with Crippen LogP contribution in [-0.4, -0.2) is 38.2 Å². The molecule has 0 radical (unpaired) electrons. The molecule has 2 heterocycles. The largest absolute Gasteiger partial charge is 0.465 e. The van der Waals surface area contributed by atoms with Gasteiger partial charge in [-0.15, -0.1) is 5.10 Å². The van der Waals surface area contributed by atoms with Gasteiger partial charge in [0, 0.05) is 5.56 Å². The second kappa shape index (κ2) is 6.79. The summed E-state index contributed by atoms with van der Waals surface area (Å²) in [5.74, 6) is -0.404. The van der Waals surface area contributed by atoms with Crippen LogP contribution in [0.15, 0.2) is 59.3 Å². The molecule has 0 amide bonds.